The number of hydrogen-bond acceptors (Lipinski definition) is 6. The van der Waals surface area contributed by atoms with E-state index in [1.807, 2.05) is 13.0 Å². The molecule has 0 radical (unpaired) electrons. The number of nitrogens with one attached hydrogen (secondary N) is 1. The highest BCUT2D eigenvalue weighted by atomic mass is 19.3. The van der Waals surface area contributed by atoms with E-state index in [4.69, 9.17) is 4.74 Å². The normalized spacial score (nSPS) is 27.3. The van der Waals surface area contributed by atoms with Crippen molar-refractivity contribution < 1.29 is 28.1 Å². The van der Waals surface area contributed by atoms with Gasteiger partial charge in [0.15, 0.2) is 0 Å². The molecule has 0 unspecified atom stereocenters. The Morgan fingerprint density at radius 3 is 2.79 bits per heavy atom. The molecule has 1 fully saturated rings. The zero-order valence-corrected chi connectivity index (χ0v) is 18.2. The molecule has 33 heavy (non-hydrogen) atoms. The zero-order chi connectivity index (χ0) is 23.4. The number of aliphatic hydroxyl groups is 2. The largest absolute Gasteiger partial charge is 0.487 e. The second-order valence-electron chi connectivity index (χ2n) is 8.86. The summed E-state index contributed by atoms with van der Waals surface area (Å²) in [5, 5.41) is 25.5. The van der Waals surface area contributed by atoms with Crippen LogP contribution >= 0.6 is 0 Å². The van der Waals surface area contributed by atoms with Crippen molar-refractivity contribution in [3.8, 4) is 5.75 Å². The van der Waals surface area contributed by atoms with Gasteiger partial charge in [0, 0.05) is 42.2 Å². The molecule has 0 bridgehead atoms. The molecule has 5 rings (SSSR count). The zero-order valence-electron chi connectivity index (χ0n) is 18.2. The molecule has 2 aromatic heterocycles. The van der Waals surface area contributed by atoms with E-state index in [2.05, 4.69) is 15.3 Å². The van der Waals surface area contributed by atoms with Crippen LogP contribution in [0.3, 0.4) is 0 Å². The van der Waals surface area contributed by atoms with Gasteiger partial charge in [-0.25, -0.2) is 23.1 Å². The van der Waals surface area contributed by atoms with Crippen molar-refractivity contribution in [2.75, 3.05) is 6.54 Å². The van der Waals surface area contributed by atoms with E-state index in [9.17, 15) is 23.4 Å². The maximum Gasteiger partial charge on any atom is 0.266 e. The third kappa shape index (κ3) is 3.56. The molecule has 1 aliphatic carbocycles. The summed E-state index contributed by atoms with van der Waals surface area (Å²) in [6, 6.07) is 2.32. The van der Waals surface area contributed by atoms with Crippen molar-refractivity contribution in [1.82, 2.24) is 19.9 Å². The Bertz CT molecular complexity index is 1200. The summed E-state index contributed by atoms with van der Waals surface area (Å²) in [6.07, 6.45) is -2.87. The molecule has 5 atom stereocenters. The number of hydrogen-bond donors (Lipinski definition) is 3. The summed E-state index contributed by atoms with van der Waals surface area (Å²) in [7, 11) is 0. The van der Waals surface area contributed by atoms with E-state index in [1.165, 1.54) is 6.33 Å². The molecule has 1 aromatic carbocycles. The first-order valence-electron chi connectivity index (χ1n) is 10.9. The van der Waals surface area contributed by atoms with Crippen molar-refractivity contribution in [2.24, 2.45) is 0 Å². The lowest BCUT2D eigenvalue weighted by atomic mass is 9.89. The molecule has 176 valence electrons. The molecule has 3 N–H and O–H groups in total. The number of aryl methyl sites for hydroxylation is 1. The van der Waals surface area contributed by atoms with Crippen molar-refractivity contribution >= 4 is 11.0 Å². The fourth-order valence-corrected chi connectivity index (χ4v) is 5.08. The second kappa shape index (κ2) is 8.27. The van der Waals surface area contributed by atoms with E-state index in [-0.39, 0.29) is 30.2 Å². The van der Waals surface area contributed by atoms with Gasteiger partial charge in [-0.3, -0.25) is 0 Å². The van der Waals surface area contributed by atoms with Crippen LogP contribution in [0, 0.1) is 12.7 Å². The minimum Gasteiger partial charge on any atom is -0.487 e. The number of halogens is 3. The molecule has 1 aliphatic heterocycles. The Morgan fingerprint density at radius 1 is 1.24 bits per heavy atom. The molecule has 0 spiro atoms. The predicted octanol–water partition coefficient (Wildman–Crippen LogP) is 3.14. The van der Waals surface area contributed by atoms with Gasteiger partial charge in [0.2, 0.25) is 0 Å². The molecule has 10 heteroatoms. The van der Waals surface area contributed by atoms with Gasteiger partial charge in [-0.15, -0.1) is 0 Å². The Hall–Kier alpha value is -2.69. The van der Waals surface area contributed by atoms with Crippen LogP contribution < -0.4 is 10.1 Å². The summed E-state index contributed by atoms with van der Waals surface area (Å²) in [5.41, 5.74) is 1.38. The maximum absolute atomic E-state index is 14.8. The van der Waals surface area contributed by atoms with Crippen LogP contribution in [0.25, 0.3) is 11.0 Å². The average molecular weight is 462 g/mol. The van der Waals surface area contributed by atoms with Crippen LogP contribution in [0.2, 0.25) is 0 Å². The fraction of sp³-hybridized carbons (Fsp3) is 0.478. The minimum atomic E-state index is -3.00. The number of nitrogens with zero attached hydrogens (tertiary/aromatic N) is 3. The fourth-order valence-electron chi connectivity index (χ4n) is 5.08. The van der Waals surface area contributed by atoms with E-state index < -0.39 is 42.2 Å². The quantitative estimate of drug-likeness (QED) is 0.552. The Morgan fingerprint density at radius 2 is 2.03 bits per heavy atom. The minimum absolute atomic E-state index is 0.105. The third-order valence-corrected chi connectivity index (χ3v) is 6.82. The molecule has 7 nitrogen and oxygen atoms in total. The molecular formula is C23H25F3N4O3. The number of fused-ring (bicyclic) bond motifs is 2. The number of rotatable bonds is 4. The smallest absolute Gasteiger partial charge is 0.266 e. The molecule has 2 aliphatic rings. The number of aromatic nitrogens is 3. The first-order valence-corrected chi connectivity index (χ1v) is 10.9. The molecule has 0 saturated heterocycles. The Labute approximate surface area is 188 Å². The third-order valence-electron chi connectivity index (χ3n) is 6.82. The lowest BCUT2D eigenvalue weighted by molar-refractivity contribution is -0.0167. The van der Waals surface area contributed by atoms with Crippen molar-refractivity contribution in [1.29, 1.82) is 0 Å². The molecule has 1 saturated carbocycles. The number of benzene rings is 1. The van der Waals surface area contributed by atoms with E-state index in [0.717, 1.165) is 17.1 Å². The van der Waals surface area contributed by atoms with E-state index >= 15 is 0 Å². The van der Waals surface area contributed by atoms with Crippen LogP contribution in [-0.4, -0.2) is 49.6 Å². The molecule has 3 heterocycles. The van der Waals surface area contributed by atoms with Crippen molar-refractivity contribution in [2.45, 2.75) is 63.5 Å². The van der Waals surface area contributed by atoms with Gasteiger partial charge >= 0.3 is 0 Å². The SMILES string of the molecule is Cc1ncnc2c1ccn2[C@@H]1C[C@H](Oc2cc(C(F)F)c(F)c3c2CNC[C@H]3C)[C@@H](O)[C@H]1O. The molecule has 0 amide bonds. The molecule has 3 aromatic rings. The number of aliphatic hydroxyl groups excluding tert-OH is 2. The van der Waals surface area contributed by atoms with Gasteiger partial charge < -0.3 is 24.8 Å². The first-order chi connectivity index (χ1) is 15.8. The number of alkyl halides is 2. The van der Waals surface area contributed by atoms with E-state index in [1.54, 1.807) is 17.7 Å². The highest BCUT2D eigenvalue weighted by Gasteiger charge is 2.45. The van der Waals surface area contributed by atoms with Gasteiger partial charge in [-0.05, 0) is 25.0 Å². The second-order valence-corrected chi connectivity index (χ2v) is 8.86. The lowest BCUT2D eigenvalue weighted by Gasteiger charge is -2.29. The highest BCUT2D eigenvalue weighted by molar-refractivity contribution is 5.78. The highest BCUT2D eigenvalue weighted by Crippen LogP contribution is 2.41. The van der Waals surface area contributed by atoms with Gasteiger partial charge in [0.05, 0.1) is 17.3 Å². The van der Waals surface area contributed by atoms with Crippen LogP contribution in [0.1, 0.15) is 54.1 Å². The maximum atomic E-state index is 14.8. The first kappa shape index (κ1) is 22.1. The van der Waals surface area contributed by atoms with Crippen LogP contribution in [0.15, 0.2) is 24.7 Å². The topological polar surface area (TPSA) is 92.4 Å². The Balaban J connectivity index is 1.49. The lowest BCUT2D eigenvalue weighted by Crippen LogP contribution is -2.35. The summed E-state index contributed by atoms with van der Waals surface area (Å²) < 4.78 is 49.8. The summed E-state index contributed by atoms with van der Waals surface area (Å²) in [6.45, 7) is 4.35. The van der Waals surface area contributed by atoms with Crippen molar-refractivity contribution in [3.05, 3.63) is 52.9 Å². The summed E-state index contributed by atoms with van der Waals surface area (Å²) in [5.74, 6) is -1.11. The van der Waals surface area contributed by atoms with Gasteiger partial charge in [-0.1, -0.05) is 6.92 Å². The Kier molecular flexibility index (Phi) is 5.54. The van der Waals surface area contributed by atoms with Crippen LogP contribution in [0.5, 0.6) is 5.75 Å². The van der Waals surface area contributed by atoms with Crippen LogP contribution in [0.4, 0.5) is 13.2 Å². The van der Waals surface area contributed by atoms with Gasteiger partial charge in [0.1, 0.15) is 41.9 Å². The van der Waals surface area contributed by atoms with Gasteiger partial charge in [0.25, 0.3) is 6.43 Å². The van der Waals surface area contributed by atoms with E-state index in [0.29, 0.717) is 17.8 Å². The predicted molar refractivity (Wildman–Crippen MR) is 114 cm³/mol. The monoisotopic (exact) mass is 462 g/mol. The summed E-state index contributed by atoms with van der Waals surface area (Å²) >= 11 is 0. The standard InChI is InChI=1S/C23H25F3N4O3/c1-10-7-27-8-14-16(5-13(22(25)26)19(24)18(10)14)33-17-6-15(20(31)21(17)32)30-4-3-12-11(2)28-9-29-23(12)30/h3-5,9-10,15,17,20-22,27,31-32H,6-8H2,1-2H3/t10-,15-,17+,20+,21-/m1/s1. The average Bonchev–Trinajstić information content (AvgIpc) is 3.32. The van der Waals surface area contributed by atoms with Crippen molar-refractivity contribution in [3.63, 3.8) is 0 Å². The molecular weight excluding hydrogens is 437 g/mol. The summed E-state index contributed by atoms with van der Waals surface area (Å²) in [4.78, 5) is 8.48. The van der Waals surface area contributed by atoms with Gasteiger partial charge in [-0.2, -0.15) is 0 Å². The van der Waals surface area contributed by atoms with Crippen LogP contribution in [-0.2, 0) is 6.54 Å². The number of ether oxygens (including phenoxy) is 1.